The van der Waals surface area contributed by atoms with Gasteiger partial charge >= 0.3 is 0 Å². The SMILES string of the molecule is C[Si](C)(CN)Cc1ccco1. The lowest BCUT2D eigenvalue weighted by atomic mass is 10.5. The normalized spacial score (nSPS) is 11.9. The van der Waals surface area contributed by atoms with Gasteiger partial charge in [-0.25, -0.2) is 0 Å². The summed E-state index contributed by atoms with van der Waals surface area (Å²) >= 11 is 0. The smallest absolute Gasteiger partial charge is 0.101 e. The van der Waals surface area contributed by atoms with E-state index in [0.717, 1.165) is 18.0 Å². The van der Waals surface area contributed by atoms with Crippen LogP contribution in [0.3, 0.4) is 0 Å². The molecule has 0 atom stereocenters. The Morgan fingerprint density at radius 1 is 1.55 bits per heavy atom. The Bertz CT molecular complexity index is 206. The van der Waals surface area contributed by atoms with E-state index in [2.05, 4.69) is 13.1 Å². The van der Waals surface area contributed by atoms with E-state index in [4.69, 9.17) is 10.2 Å². The molecule has 0 aliphatic heterocycles. The van der Waals surface area contributed by atoms with Crippen molar-refractivity contribution in [3.63, 3.8) is 0 Å². The molecule has 0 saturated heterocycles. The van der Waals surface area contributed by atoms with Crippen molar-refractivity contribution in [2.75, 3.05) is 6.17 Å². The molecule has 2 nitrogen and oxygen atoms in total. The van der Waals surface area contributed by atoms with Gasteiger partial charge in [0.2, 0.25) is 0 Å². The third-order valence-corrected chi connectivity index (χ3v) is 4.20. The van der Waals surface area contributed by atoms with Crippen LogP contribution in [0.1, 0.15) is 5.76 Å². The summed E-state index contributed by atoms with van der Waals surface area (Å²) in [7, 11) is -1.20. The molecule has 0 aliphatic rings. The van der Waals surface area contributed by atoms with Crippen LogP contribution in [0, 0.1) is 0 Å². The van der Waals surface area contributed by atoms with E-state index in [1.54, 1.807) is 6.26 Å². The minimum absolute atomic E-state index is 0.827. The summed E-state index contributed by atoms with van der Waals surface area (Å²) in [6.07, 6.45) is 2.55. The van der Waals surface area contributed by atoms with Crippen molar-refractivity contribution in [1.82, 2.24) is 0 Å². The fourth-order valence-electron chi connectivity index (χ4n) is 0.957. The van der Waals surface area contributed by atoms with Crippen LogP contribution in [-0.2, 0) is 6.04 Å². The average molecular weight is 169 g/mol. The third-order valence-electron chi connectivity index (χ3n) is 1.79. The molecular formula is C8H15NOSi. The molecule has 0 aliphatic carbocycles. The summed E-state index contributed by atoms with van der Waals surface area (Å²) in [4.78, 5) is 0. The number of rotatable bonds is 3. The van der Waals surface area contributed by atoms with Gasteiger partial charge in [-0.1, -0.05) is 13.1 Å². The van der Waals surface area contributed by atoms with Gasteiger partial charge < -0.3 is 10.2 Å². The molecule has 0 radical (unpaired) electrons. The maximum atomic E-state index is 5.64. The van der Waals surface area contributed by atoms with Crippen molar-refractivity contribution in [2.24, 2.45) is 5.73 Å². The second-order valence-corrected chi connectivity index (χ2v) is 8.71. The Balaban J connectivity index is 2.56. The van der Waals surface area contributed by atoms with Crippen molar-refractivity contribution < 1.29 is 4.42 Å². The predicted octanol–water partition coefficient (Wildman–Crippen LogP) is 1.57. The molecule has 2 N–H and O–H groups in total. The van der Waals surface area contributed by atoms with E-state index < -0.39 is 8.07 Å². The minimum Gasteiger partial charge on any atom is -0.470 e. The first-order valence-electron chi connectivity index (χ1n) is 3.86. The number of furan rings is 1. The fourth-order valence-corrected chi connectivity index (χ4v) is 2.25. The second kappa shape index (κ2) is 3.24. The minimum atomic E-state index is -1.20. The van der Waals surface area contributed by atoms with Crippen LogP contribution >= 0.6 is 0 Å². The summed E-state index contributed by atoms with van der Waals surface area (Å²) in [6.45, 7) is 4.55. The van der Waals surface area contributed by atoms with Crippen LogP contribution in [-0.4, -0.2) is 14.2 Å². The largest absolute Gasteiger partial charge is 0.470 e. The molecule has 1 heterocycles. The van der Waals surface area contributed by atoms with Gasteiger partial charge in [0.15, 0.2) is 0 Å². The second-order valence-electron chi connectivity index (χ2n) is 3.62. The highest BCUT2D eigenvalue weighted by molar-refractivity contribution is 6.76. The molecule has 3 heteroatoms. The first-order chi connectivity index (χ1) is 5.14. The first kappa shape index (κ1) is 8.55. The molecular weight excluding hydrogens is 154 g/mol. The molecule has 0 saturated carbocycles. The highest BCUT2D eigenvalue weighted by atomic mass is 28.3. The molecule has 62 valence electrons. The Morgan fingerprint density at radius 2 is 2.27 bits per heavy atom. The van der Waals surface area contributed by atoms with Gasteiger partial charge in [-0.2, -0.15) is 0 Å². The average Bonchev–Trinajstić information content (AvgIpc) is 2.39. The number of hydrogen-bond acceptors (Lipinski definition) is 2. The molecule has 11 heavy (non-hydrogen) atoms. The Morgan fingerprint density at radius 3 is 2.73 bits per heavy atom. The lowest BCUT2D eigenvalue weighted by Gasteiger charge is -2.17. The van der Waals surface area contributed by atoms with Gasteiger partial charge in [0.05, 0.1) is 14.3 Å². The van der Waals surface area contributed by atoms with E-state index in [1.807, 2.05) is 12.1 Å². The van der Waals surface area contributed by atoms with Crippen LogP contribution in [0.2, 0.25) is 13.1 Å². The quantitative estimate of drug-likeness (QED) is 0.698. The summed E-state index contributed by atoms with van der Waals surface area (Å²) < 4.78 is 5.25. The molecule has 1 aromatic heterocycles. The molecule has 0 bridgehead atoms. The van der Waals surface area contributed by atoms with Crippen molar-refractivity contribution >= 4 is 8.07 Å². The van der Waals surface area contributed by atoms with E-state index in [9.17, 15) is 0 Å². The Kier molecular flexibility index (Phi) is 2.52. The van der Waals surface area contributed by atoms with Crippen molar-refractivity contribution in [3.8, 4) is 0 Å². The Labute approximate surface area is 68.4 Å². The van der Waals surface area contributed by atoms with Crippen molar-refractivity contribution in [3.05, 3.63) is 24.2 Å². The van der Waals surface area contributed by atoms with Gasteiger partial charge in [0.25, 0.3) is 0 Å². The zero-order chi connectivity index (χ0) is 8.32. The first-order valence-corrected chi connectivity index (χ1v) is 7.28. The molecule has 0 aromatic carbocycles. The van der Waals surface area contributed by atoms with E-state index in [-0.39, 0.29) is 0 Å². The fraction of sp³-hybridized carbons (Fsp3) is 0.500. The standard InChI is InChI=1S/C8H15NOSi/c1-11(2,7-9)6-8-4-3-5-10-8/h3-5H,6-7,9H2,1-2H3. The summed E-state index contributed by atoms with van der Waals surface area (Å²) in [5.41, 5.74) is 5.64. The molecule has 0 spiro atoms. The van der Waals surface area contributed by atoms with Crippen LogP contribution in [0.5, 0.6) is 0 Å². The number of nitrogens with two attached hydrogens (primary N) is 1. The summed E-state index contributed by atoms with van der Waals surface area (Å²) in [6, 6.07) is 5.00. The molecule has 0 fully saturated rings. The molecule has 0 unspecified atom stereocenters. The zero-order valence-electron chi connectivity index (χ0n) is 7.13. The lowest BCUT2D eigenvalue weighted by molar-refractivity contribution is 0.526. The van der Waals surface area contributed by atoms with Crippen LogP contribution in [0.15, 0.2) is 22.8 Å². The van der Waals surface area contributed by atoms with Crippen molar-refractivity contribution in [2.45, 2.75) is 19.1 Å². The van der Waals surface area contributed by atoms with Crippen LogP contribution < -0.4 is 5.73 Å². The van der Waals surface area contributed by atoms with E-state index in [0.29, 0.717) is 0 Å². The Hall–Kier alpha value is -0.543. The zero-order valence-corrected chi connectivity index (χ0v) is 8.13. The molecule has 1 aromatic rings. The van der Waals surface area contributed by atoms with Crippen molar-refractivity contribution in [1.29, 1.82) is 0 Å². The van der Waals surface area contributed by atoms with Gasteiger partial charge in [-0.15, -0.1) is 0 Å². The van der Waals surface area contributed by atoms with Gasteiger partial charge in [-0.05, 0) is 18.3 Å². The summed E-state index contributed by atoms with van der Waals surface area (Å²) in [5.74, 6) is 1.08. The maximum Gasteiger partial charge on any atom is 0.101 e. The van der Waals surface area contributed by atoms with Gasteiger partial charge in [0.1, 0.15) is 5.76 Å². The maximum absolute atomic E-state index is 5.64. The van der Waals surface area contributed by atoms with Gasteiger partial charge in [0, 0.05) is 6.04 Å². The predicted molar refractivity (Wildman–Crippen MR) is 48.9 cm³/mol. The lowest BCUT2D eigenvalue weighted by Crippen LogP contribution is -2.39. The third kappa shape index (κ3) is 2.52. The topological polar surface area (TPSA) is 39.2 Å². The highest BCUT2D eigenvalue weighted by Gasteiger charge is 2.19. The molecule has 1 rings (SSSR count). The van der Waals surface area contributed by atoms with E-state index >= 15 is 0 Å². The van der Waals surface area contributed by atoms with Crippen LogP contribution in [0.4, 0.5) is 0 Å². The highest BCUT2D eigenvalue weighted by Crippen LogP contribution is 2.10. The van der Waals surface area contributed by atoms with Crippen LogP contribution in [0.25, 0.3) is 0 Å². The molecule has 0 amide bonds. The number of hydrogen-bond donors (Lipinski definition) is 1. The summed E-state index contributed by atoms with van der Waals surface area (Å²) in [5, 5.41) is 0. The van der Waals surface area contributed by atoms with E-state index in [1.165, 1.54) is 0 Å². The van der Waals surface area contributed by atoms with Gasteiger partial charge in [-0.3, -0.25) is 0 Å². The monoisotopic (exact) mass is 169 g/mol.